The first-order valence-corrected chi connectivity index (χ1v) is 25.6. The molecule has 0 aliphatic carbocycles. The van der Waals surface area contributed by atoms with Gasteiger partial charge in [-0.2, -0.15) is 22.4 Å². The zero-order chi connectivity index (χ0) is 70.5. The maximum atomic E-state index is 9.32. The van der Waals surface area contributed by atoms with Crippen LogP contribution in [0.5, 0.6) is 0 Å². The lowest BCUT2D eigenvalue weighted by Gasteiger charge is -2.19. The highest BCUT2D eigenvalue weighted by Crippen LogP contribution is 2.49. The van der Waals surface area contributed by atoms with Crippen molar-refractivity contribution in [3.63, 3.8) is 0 Å². The third-order valence-electron chi connectivity index (χ3n) is 14.1. The summed E-state index contributed by atoms with van der Waals surface area (Å²) in [6, 6.07) is 33.6. The van der Waals surface area contributed by atoms with Gasteiger partial charge in [-0.25, -0.2) is 0 Å². The van der Waals surface area contributed by atoms with Crippen LogP contribution in [0.2, 0.25) is 0 Å². The minimum Gasteiger partial charge on any atom is -0.455 e. The summed E-state index contributed by atoms with van der Waals surface area (Å²) in [5.41, 5.74) is 8.75. The van der Waals surface area contributed by atoms with Crippen LogP contribution in [0.3, 0.4) is 0 Å². The van der Waals surface area contributed by atoms with Crippen LogP contribution in [-0.2, 0) is 0 Å². The van der Waals surface area contributed by atoms with Crippen molar-refractivity contribution in [3.8, 4) is 44.5 Å². The molecule has 1 heterocycles. The molecule has 1 nitrogen and oxygen atoms in total. The quantitative estimate of drug-likeness (QED) is 0.0972. The van der Waals surface area contributed by atoms with Gasteiger partial charge < -0.3 is 4.42 Å². The van der Waals surface area contributed by atoms with Gasteiger partial charge in [0.1, 0.15) is 11.2 Å². The summed E-state index contributed by atoms with van der Waals surface area (Å²) in [5, 5.41) is 7.41. The molecule has 1 aromatic heterocycles. The van der Waals surface area contributed by atoms with Crippen molar-refractivity contribution in [2.24, 2.45) is 0 Å². The lowest BCUT2D eigenvalue weighted by Crippen LogP contribution is -1.92. The van der Waals surface area contributed by atoms with Crippen LogP contribution in [0.15, 0.2) is 283 Å². The Morgan fingerprint density at radius 1 is 0.295 bits per heavy atom. The largest absolute Gasteiger partial charge is 0.455 e. The highest BCUT2D eigenvalue weighted by Gasteiger charge is 2.22. The first-order chi connectivity index (χ1) is 47.4. The Hall–Kier alpha value is -9.03. The highest BCUT2D eigenvalue weighted by atomic mass is 127. The van der Waals surface area contributed by atoms with Crippen LogP contribution in [0, 0.1) is 0 Å². The molecule has 0 N–H and O–H groups in total. The molecule has 15 aromatic carbocycles. The highest BCUT2D eigenvalue weighted by molar-refractivity contribution is 14.1. The van der Waals surface area contributed by atoms with Crippen molar-refractivity contribution < 1.29 is 34.6 Å². The van der Waals surface area contributed by atoms with Crippen LogP contribution in [-0.4, -0.2) is 5.70 Å². The second kappa shape index (κ2) is 20.5. The van der Waals surface area contributed by atoms with Gasteiger partial charge >= 0.3 is 0 Å². The molecule has 2 radical (unpaired) electrons. The summed E-state index contributed by atoms with van der Waals surface area (Å²) in [6.07, 6.45) is 0. The van der Waals surface area contributed by atoms with Crippen molar-refractivity contribution in [1.82, 2.24) is 0 Å². The predicted molar refractivity (Wildman–Crippen MR) is 348 cm³/mol. The van der Waals surface area contributed by atoms with Crippen molar-refractivity contribution in [2.45, 2.75) is 7.43 Å². The molecule has 0 fully saturated rings. The third kappa shape index (κ3) is 7.99. The number of hydrogen-bond acceptors (Lipinski definition) is 1. The predicted octanol–water partition coefficient (Wildman–Crippen LogP) is 22.3. The molecule has 78 heavy (non-hydrogen) atoms. The van der Waals surface area contributed by atoms with Gasteiger partial charge in [-0.3, -0.25) is 0 Å². The molecule has 366 valence electrons. The van der Waals surface area contributed by atoms with Crippen molar-refractivity contribution in [2.75, 3.05) is 0 Å². The second-order valence-corrected chi connectivity index (χ2v) is 18.1. The second-order valence-electron chi connectivity index (χ2n) is 18.1. The average Bonchev–Trinajstić information content (AvgIpc) is 0.804. The first-order valence-electron chi connectivity index (χ1n) is 35.3. The Bertz CT molecular complexity index is 6160. The Labute approximate surface area is 499 Å². The summed E-state index contributed by atoms with van der Waals surface area (Å²) in [7, 11) is 0. The molecule has 0 atom stereocenters. The van der Waals surface area contributed by atoms with Crippen molar-refractivity contribution >= 4 is 136 Å². The third-order valence-corrected chi connectivity index (χ3v) is 14.1. The first kappa shape index (κ1) is 30.1. The molecule has 0 saturated heterocycles. The van der Waals surface area contributed by atoms with Gasteiger partial charge in [-0.05, 0) is 143 Å². The van der Waals surface area contributed by atoms with E-state index in [1.807, 2.05) is 0 Å². The normalized spacial score (nSPS) is 15.3. The van der Waals surface area contributed by atoms with Gasteiger partial charge in [0.15, 0.2) is 5.70 Å². The molecule has 0 aliphatic rings. The van der Waals surface area contributed by atoms with Crippen LogP contribution in [0.25, 0.3) is 153 Å². The number of halogens is 1. The topological polar surface area (TPSA) is 13.1 Å². The molecular formula is C75H50BIO. The van der Waals surface area contributed by atoms with Gasteiger partial charge in [0.05, 0.1) is 30.2 Å². The van der Waals surface area contributed by atoms with Crippen molar-refractivity contribution in [3.05, 3.63) is 279 Å². The summed E-state index contributed by atoms with van der Waals surface area (Å²) >= 11 is 1.65. The maximum Gasteiger partial charge on any atom is 0.169 e. The Balaban J connectivity index is 0.000000180. The molecule has 3 heteroatoms. The van der Waals surface area contributed by atoms with Crippen LogP contribution >= 0.6 is 22.4 Å². The van der Waals surface area contributed by atoms with Gasteiger partial charge in [0.25, 0.3) is 0 Å². The molecule has 16 rings (SSSR count). The molecule has 0 bridgehead atoms. The van der Waals surface area contributed by atoms with E-state index in [1.54, 1.807) is 22.4 Å². The molecule has 0 unspecified atom stereocenters. The van der Waals surface area contributed by atoms with E-state index in [-0.39, 0.29) is 7.43 Å². The monoisotopic (exact) mass is 1130 g/mol. The molecule has 0 aliphatic heterocycles. The van der Waals surface area contributed by atoms with E-state index in [0.29, 0.717) is 0 Å². The SMILES string of the molecule is C.[2H]c1c([2H])c([2H])c2c([2H])c(-c3c4c([2H])c([2H])c([2H])c([2H])c4c(-c4c([2H])c([2H])c([2H])c5c([2H])c([2H])c([2H])c([2H])c45)c4c([2H])c([2H])c([2H])c([2H])c34)c([2H])c([2H])c2c1[2H].[B]I.c1ccc2c(-c3c4ccccc4c(-c4cccc5oc6c7ccccc7ccc6c45)c4ccccc34)cccc2c1. The fraction of sp³-hybridized carbons (Fsp3) is 0.0133. The summed E-state index contributed by atoms with van der Waals surface area (Å²) < 4.78 is 200. The Kier molecular flexibility index (Phi) is 7.90. The summed E-state index contributed by atoms with van der Waals surface area (Å²) in [4.78, 5) is 0. The molecule has 0 spiro atoms. The minimum absolute atomic E-state index is 0. The number of hydrogen-bond donors (Lipinski definition) is 0. The van der Waals surface area contributed by atoms with Crippen LogP contribution < -0.4 is 0 Å². The fourth-order valence-electron chi connectivity index (χ4n) is 10.9. The number of fused-ring (bicyclic) bond motifs is 12. The Morgan fingerprint density at radius 3 is 1.41 bits per heavy atom. The maximum absolute atomic E-state index is 9.32. The number of benzene rings is 15. The average molecular weight is 1130 g/mol. The minimum atomic E-state index is -0.915. The van der Waals surface area contributed by atoms with E-state index < -0.39 is 198 Å². The van der Waals surface area contributed by atoms with E-state index in [0.717, 1.165) is 21.9 Å². The molecular weight excluding hydrogens is 1050 g/mol. The Morgan fingerprint density at radius 2 is 0.756 bits per heavy atom. The lowest BCUT2D eigenvalue weighted by molar-refractivity contribution is 0.673. The van der Waals surface area contributed by atoms with E-state index in [9.17, 15) is 6.85 Å². The van der Waals surface area contributed by atoms with E-state index in [2.05, 4.69) is 151 Å². The van der Waals surface area contributed by atoms with Gasteiger partial charge in [-0.15, -0.1) is 0 Å². The summed E-state index contributed by atoms with van der Waals surface area (Å²) in [5.74, 6) is 0. The molecule has 16 aromatic rings. The standard InChI is InChI=1S/C40H24O.C34H22.CH4.BI/c1-3-14-27-25(11-1)13-9-20-29(27)37-30-16-5-7-18-32(30)38(33-19-8-6-17-31(33)37)34-21-10-22-36-39(34)35-24-23-26-12-2-4-15-28(26)40(35)41-36;1-2-12-25-22-26(21-20-23(25)10-1)33-29-15-5-7-17-31(29)34(32-18-8-6-16-30(32)33)28-19-9-13-24-11-3-4-14-27(24)28;;1-2/h1-24H;1-22H;1H4;/i;1D,2D,3D,4D,5D,6D,7D,8D,9D,10D,11D,12D,13D,14D,15D,16D,17D,18D,19D,20D,21D,22D;;. The number of furan rings is 1. The number of rotatable bonds is 4. The van der Waals surface area contributed by atoms with Gasteiger partial charge in [-0.1, -0.05) is 268 Å². The van der Waals surface area contributed by atoms with Crippen molar-refractivity contribution in [1.29, 1.82) is 0 Å². The van der Waals surface area contributed by atoms with Crippen LogP contribution in [0.4, 0.5) is 0 Å². The van der Waals surface area contributed by atoms with Crippen LogP contribution in [0.1, 0.15) is 37.6 Å². The lowest BCUT2D eigenvalue weighted by atomic mass is 9.84. The van der Waals surface area contributed by atoms with E-state index >= 15 is 0 Å². The molecule has 0 amide bonds. The smallest absolute Gasteiger partial charge is 0.169 e. The van der Waals surface area contributed by atoms with E-state index in [1.165, 1.54) is 65.3 Å². The summed E-state index contributed by atoms with van der Waals surface area (Å²) in [6.45, 7) is 0. The fourth-order valence-corrected chi connectivity index (χ4v) is 10.9. The molecule has 0 saturated carbocycles. The zero-order valence-electron chi connectivity index (χ0n) is 62.2. The van der Waals surface area contributed by atoms with E-state index in [4.69, 9.17) is 27.7 Å². The zero-order valence-corrected chi connectivity index (χ0v) is 42.4. The van der Waals surface area contributed by atoms with Gasteiger partial charge in [0.2, 0.25) is 0 Å². The van der Waals surface area contributed by atoms with Gasteiger partial charge in [0, 0.05) is 16.2 Å².